The zero-order valence-electron chi connectivity index (χ0n) is 23.1. The third-order valence-corrected chi connectivity index (χ3v) is 11.1. The molecule has 0 amide bonds. The van der Waals surface area contributed by atoms with Crippen molar-refractivity contribution in [2.45, 2.75) is 50.8 Å². The summed E-state index contributed by atoms with van der Waals surface area (Å²) in [4.78, 5) is 5.56. The van der Waals surface area contributed by atoms with Crippen LogP contribution in [0.5, 0.6) is 5.75 Å². The van der Waals surface area contributed by atoms with Crippen LogP contribution >= 0.6 is 23.1 Å². The Bertz CT molecular complexity index is 1310. The maximum Gasteiger partial charge on any atom is 0.256 e. The van der Waals surface area contributed by atoms with Crippen molar-refractivity contribution in [3.8, 4) is 5.75 Å². The van der Waals surface area contributed by atoms with Gasteiger partial charge < -0.3 is 30.0 Å². The molecule has 39 heavy (non-hydrogen) atoms. The number of nitrogens with one attached hydrogen (secondary N) is 2. The Hall–Kier alpha value is -2.23. The second-order valence-corrected chi connectivity index (χ2v) is 13.6. The highest BCUT2D eigenvalue weighted by atomic mass is 32.2. The van der Waals surface area contributed by atoms with Gasteiger partial charge in [0, 0.05) is 44.1 Å². The Morgan fingerprint density at radius 2 is 1.85 bits per heavy atom. The van der Waals surface area contributed by atoms with Crippen LogP contribution in [0.1, 0.15) is 42.9 Å². The van der Waals surface area contributed by atoms with Gasteiger partial charge in [-0.3, -0.25) is 0 Å². The zero-order valence-corrected chi connectivity index (χ0v) is 25.5. The second-order valence-electron chi connectivity index (χ2n) is 9.72. The third-order valence-electron chi connectivity index (χ3n) is 6.96. The molecular weight excluding hydrogens is 559 g/mol. The lowest BCUT2D eigenvalue weighted by atomic mass is 10.1. The van der Waals surface area contributed by atoms with E-state index >= 15 is 0 Å². The lowest BCUT2D eigenvalue weighted by Gasteiger charge is -2.32. The van der Waals surface area contributed by atoms with Crippen LogP contribution in [0.2, 0.25) is 0 Å². The van der Waals surface area contributed by atoms with Crippen molar-refractivity contribution in [3.05, 3.63) is 28.5 Å². The Labute approximate surface area is 239 Å². The Morgan fingerprint density at radius 1 is 1.13 bits per heavy atom. The Balaban J connectivity index is 1.30. The van der Waals surface area contributed by atoms with Crippen LogP contribution in [0.25, 0.3) is 0 Å². The third kappa shape index (κ3) is 7.30. The van der Waals surface area contributed by atoms with E-state index < -0.39 is 10.0 Å². The number of hydrogen-bond donors (Lipinski definition) is 3. The number of likely N-dealkylation sites (N-methyl/N-ethyl adjacent to an activating group) is 1. The summed E-state index contributed by atoms with van der Waals surface area (Å²) in [6.07, 6.45) is 5.10. The normalized spacial score (nSPS) is 15.3. The predicted octanol–water partition coefficient (Wildman–Crippen LogP) is 4.16. The van der Waals surface area contributed by atoms with Crippen LogP contribution in [0, 0.1) is 6.92 Å². The largest absolute Gasteiger partial charge is 0.504 e. The Morgan fingerprint density at radius 3 is 2.56 bits per heavy atom. The minimum atomic E-state index is -3.79. The fourth-order valence-corrected chi connectivity index (χ4v) is 8.16. The SMILES string of the molecule is CCN(CC)S(=O)(=O)c1sc(C)c(Nc2nsnc2NCc2cc(CCCCN3CCN(C)CC3)co2)c1O. The molecule has 1 saturated heterocycles. The first kappa shape index (κ1) is 29.7. The summed E-state index contributed by atoms with van der Waals surface area (Å²) < 4.78 is 41.6. The molecule has 0 unspecified atom stereocenters. The van der Waals surface area contributed by atoms with E-state index in [0.29, 0.717) is 41.8 Å². The van der Waals surface area contributed by atoms with E-state index in [4.69, 9.17) is 4.42 Å². The summed E-state index contributed by atoms with van der Waals surface area (Å²) in [5.41, 5.74) is 1.50. The fraction of sp³-hybridized carbons (Fsp3) is 0.600. The quantitative estimate of drug-likeness (QED) is 0.233. The standard InChI is InChI=1S/C25H39N7O4S3/c1-5-32(6-2)39(34,35)25-22(33)21(18(3)37-25)27-24-23(28-38-29-24)26-16-20-15-19(17-36-20)9-7-8-10-31-13-11-30(4)12-14-31/h15,17,33H,5-14,16H2,1-4H3,(H,26,28)(H,27,29). The van der Waals surface area contributed by atoms with Crippen LogP contribution in [0.15, 0.2) is 21.0 Å². The molecular formula is C25H39N7O4S3. The van der Waals surface area contributed by atoms with Crippen LogP contribution in [-0.4, -0.2) is 89.2 Å². The number of thiophene rings is 1. The molecule has 0 radical (unpaired) electrons. The average molecular weight is 598 g/mol. The fourth-order valence-electron chi connectivity index (χ4n) is 4.57. The van der Waals surface area contributed by atoms with Gasteiger partial charge in [-0.25, -0.2) is 8.42 Å². The van der Waals surface area contributed by atoms with Gasteiger partial charge in [0.2, 0.25) is 0 Å². The van der Waals surface area contributed by atoms with Gasteiger partial charge in [-0.15, -0.1) is 11.3 Å². The van der Waals surface area contributed by atoms with Crippen molar-refractivity contribution in [1.29, 1.82) is 0 Å². The smallest absolute Gasteiger partial charge is 0.256 e. The highest BCUT2D eigenvalue weighted by molar-refractivity contribution is 7.91. The first-order chi connectivity index (χ1) is 18.7. The molecule has 3 aromatic rings. The Kier molecular flexibility index (Phi) is 10.2. The number of piperazine rings is 1. The number of sulfonamides is 1. The lowest BCUT2D eigenvalue weighted by Crippen LogP contribution is -2.44. The van der Waals surface area contributed by atoms with Crippen molar-refractivity contribution in [2.75, 3.05) is 63.5 Å². The number of aromatic nitrogens is 2. The molecule has 11 nitrogen and oxygen atoms in total. The van der Waals surface area contributed by atoms with Gasteiger partial charge >= 0.3 is 0 Å². The molecule has 216 valence electrons. The maximum atomic E-state index is 13.0. The van der Waals surface area contributed by atoms with E-state index in [1.807, 2.05) is 6.26 Å². The molecule has 4 heterocycles. The van der Waals surface area contributed by atoms with E-state index in [0.717, 1.165) is 74.4 Å². The van der Waals surface area contributed by atoms with E-state index in [-0.39, 0.29) is 9.96 Å². The van der Waals surface area contributed by atoms with Gasteiger partial charge in [0.25, 0.3) is 10.0 Å². The molecule has 1 aliphatic rings. The highest BCUT2D eigenvalue weighted by Gasteiger charge is 2.30. The molecule has 14 heteroatoms. The molecule has 0 atom stereocenters. The molecule has 0 bridgehead atoms. The van der Waals surface area contributed by atoms with Crippen molar-refractivity contribution in [3.63, 3.8) is 0 Å². The average Bonchev–Trinajstić information content (AvgIpc) is 3.63. The summed E-state index contributed by atoms with van der Waals surface area (Å²) >= 11 is 2.06. The summed E-state index contributed by atoms with van der Waals surface area (Å²) in [7, 11) is -1.61. The van der Waals surface area contributed by atoms with E-state index in [9.17, 15) is 13.5 Å². The van der Waals surface area contributed by atoms with Crippen LogP contribution < -0.4 is 10.6 Å². The minimum absolute atomic E-state index is 0.0736. The molecule has 3 aromatic heterocycles. The molecule has 3 N–H and O–H groups in total. The molecule has 0 aromatic carbocycles. The van der Waals surface area contributed by atoms with Crippen molar-refractivity contribution >= 4 is 50.4 Å². The monoisotopic (exact) mass is 597 g/mol. The van der Waals surface area contributed by atoms with Gasteiger partial charge in [-0.2, -0.15) is 13.1 Å². The van der Waals surface area contributed by atoms with Gasteiger partial charge in [0.1, 0.15) is 5.76 Å². The molecule has 0 saturated carbocycles. The van der Waals surface area contributed by atoms with Crippen molar-refractivity contribution in [2.24, 2.45) is 0 Å². The minimum Gasteiger partial charge on any atom is -0.504 e. The van der Waals surface area contributed by atoms with Crippen molar-refractivity contribution in [1.82, 2.24) is 22.9 Å². The summed E-state index contributed by atoms with van der Waals surface area (Å²) in [5, 5.41) is 17.1. The predicted molar refractivity (Wildman–Crippen MR) is 157 cm³/mol. The van der Waals surface area contributed by atoms with Gasteiger partial charge in [-0.05, 0) is 51.4 Å². The van der Waals surface area contributed by atoms with Crippen molar-refractivity contribution < 1.29 is 17.9 Å². The zero-order chi connectivity index (χ0) is 28.0. The highest BCUT2D eigenvalue weighted by Crippen LogP contribution is 2.44. The number of furan rings is 1. The van der Waals surface area contributed by atoms with Gasteiger partial charge in [0.15, 0.2) is 21.6 Å². The molecule has 0 aliphatic carbocycles. The number of rotatable bonds is 14. The van der Waals surface area contributed by atoms with E-state index in [1.165, 1.54) is 16.3 Å². The molecule has 4 rings (SSSR count). The molecule has 1 aliphatic heterocycles. The summed E-state index contributed by atoms with van der Waals surface area (Å²) in [6.45, 7) is 12.1. The number of anilines is 3. The van der Waals surface area contributed by atoms with Gasteiger partial charge in [0.05, 0.1) is 30.2 Å². The number of aromatic hydroxyl groups is 1. The maximum absolute atomic E-state index is 13.0. The van der Waals surface area contributed by atoms with Gasteiger partial charge in [-0.1, -0.05) is 13.8 Å². The summed E-state index contributed by atoms with van der Waals surface area (Å²) in [5.74, 6) is 1.42. The molecule has 1 fully saturated rings. The van der Waals surface area contributed by atoms with E-state index in [1.54, 1.807) is 20.8 Å². The van der Waals surface area contributed by atoms with Crippen LogP contribution in [-0.2, 0) is 23.0 Å². The first-order valence-electron chi connectivity index (χ1n) is 13.4. The van der Waals surface area contributed by atoms with Crippen LogP contribution in [0.3, 0.4) is 0 Å². The molecule has 0 spiro atoms. The number of aryl methyl sites for hydroxylation is 2. The lowest BCUT2D eigenvalue weighted by molar-refractivity contribution is 0.152. The second kappa shape index (κ2) is 13.4. The first-order valence-corrected chi connectivity index (χ1v) is 16.3. The number of nitrogens with zero attached hydrogens (tertiary/aromatic N) is 5. The topological polar surface area (TPSA) is 127 Å². The van der Waals surface area contributed by atoms with Crippen LogP contribution in [0.4, 0.5) is 17.3 Å². The number of hydrogen-bond acceptors (Lipinski definition) is 12. The number of unbranched alkanes of at least 4 members (excludes halogenated alkanes) is 1. The van der Waals surface area contributed by atoms with E-state index in [2.05, 4.69) is 42.3 Å². The summed E-state index contributed by atoms with van der Waals surface area (Å²) in [6, 6.07) is 2.06.